The summed E-state index contributed by atoms with van der Waals surface area (Å²) in [7, 11) is 0. The molecular formula is C29H24FN5O10. The highest BCUT2D eigenvalue weighted by Gasteiger charge is 2.38. The lowest BCUT2D eigenvalue weighted by Crippen LogP contribution is -2.45. The Kier molecular flexibility index (Phi) is 9.15. The molecular weight excluding hydrogens is 597 g/mol. The smallest absolute Gasteiger partial charge is 0.335 e. The number of carboxylic acids is 1. The maximum absolute atomic E-state index is 14.5. The lowest BCUT2D eigenvalue weighted by atomic mass is 9.97. The van der Waals surface area contributed by atoms with Gasteiger partial charge in [0.25, 0.3) is 17.7 Å². The van der Waals surface area contributed by atoms with Crippen LogP contribution in [0.4, 0.5) is 15.8 Å². The normalized spacial score (nSPS) is 14.4. The standard InChI is InChI=1S/C29H24FN5O10/c30-24-19-3-1-2-4-20(19)27(37)33(28(24)38)11-12-43-13-14-44-16-23(36)34(15-17-5-7-18(8-6-17)29(39)40)21-9-10-22(35(41)42)26-25(21)31-45-32-26/h1-10,24H,11-16H2,(H,39,40). The first-order valence-corrected chi connectivity index (χ1v) is 13.4. The lowest BCUT2D eigenvalue weighted by molar-refractivity contribution is -0.383. The van der Waals surface area contributed by atoms with Crippen LogP contribution >= 0.6 is 0 Å². The maximum Gasteiger partial charge on any atom is 0.335 e. The van der Waals surface area contributed by atoms with E-state index in [0.29, 0.717) is 5.56 Å². The van der Waals surface area contributed by atoms with Gasteiger partial charge < -0.3 is 19.5 Å². The van der Waals surface area contributed by atoms with E-state index in [1.807, 2.05) is 0 Å². The summed E-state index contributed by atoms with van der Waals surface area (Å²) in [6, 6.07) is 14.2. The van der Waals surface area contributed by atoms with Crippen molar-refractivity contribution in [3.63, 3.8) is 0 Å². The van der Waals surface area contributed by atoms with Crippen molar-refractivity contribution in [2.24, 2.45) is 0 Å². The van der Waals surface area contributed by atoms with Crippen molar-refractivity contribution in [1.29, 1.82) is 0 Å². The van der Waals surface area contributed by atoms with Crippen molar-refractivity contribution < 1.29 is 47.7 Å². The number of rotatable bonds is 13. The Balaban J connectivity index is 1.19. The number of ether oxygens (including phenoxy) is 2. The Labute approximate surface area is 252 Å². The van der Waals surface area contributed by atoms with Crippen molar-refractivity contribution in [1.82, 2.24) is 15.2 Å². The summed E-state index contributed by atoms with van der Waals surface area (Å²) in [4.78, 5) is 62.3. The summed E-state index contributed by atoms with van der Waals surface area (Å²) in [5.41, 5.74) is 0.292. The predicted molar refractivity (Wildman–Crippen MR) is 151 cm³/mol. The number of hydrogen-bond acceptors (Lipinski definition) is 11. The number of hydrogen-bond donors (Lipinski definition) is 1. The van der Waals surface area contributed by atoms with E-state index in [1.165, 1.54) is 47.4 Å². The summed E-state index contributed by atoms with van der Waals surface area (Å²) in [6.07, 6.45) is -1.95. The van der Waals surface area contributed by atoms with Crippen LogP contribution in [-0.2, 0) is 25.6 Å². The van der Waals surface area contributed by atoms with E-state index in [0.717, 1.165) is 11.0 Å². The summed E-state index contributed by atoms with van der Waals surface area (Å²) in [6.45, 7) is -0.891. The molecule has 0 saturated carbocycles. The van der Waals surface area contributed by atoms with Crippen LogP contribution in [0.1, 0.15) is 38.0 Å². The monoisotopic (exact) mass is 621 g/mol. The summed E-state index contributed by atoms with van der Waals surface area (Å²) in [5, 5.41) is 27.9. The molecule has 3 amide bonds. The van der Waals surface area contributed by atoms with Gasteiger partial charge in [0.05, 0.1) is 49.1 Å². The van der Waals surface area contributed by atoms with Gasteiger partial charge in [-0.1, -0.05) is 30.3 Å². The Morgan fingerprint density at radius 2 is 1.71 bits per heavy atom. The molecule has 1 aliphatic rings. The number of carbonyl (C=O) groups excluding carboxylic acids is 3. The van der Waals surface area contributed by atoms with Crippen LogP contribution in [0.25, 0.3) is 11.0 Å². The van der Waals surface area contributed by atoms with Gasteiger partial charge in [-0.3, -0.25) is 29.4 Å². The number of amides is 3. The summed E-state index contributed by atoms with van der Waals surface area (Å²) < 4.78 is 30.2. The minimum atomic E-state index is -1.95. The molecule has 0 bridgehead atoms. The lowest BCUT2D eigenvalue weighted by Gasteiger charge is -2.28. The number of halogens is 1. The molecule has 0 aliphatic carbocycles. The highest BCUT2D eigenvalue weighted by atomic mass is 19.1. The van der Waals surface area contributed by atoms with Gasteiger partial charge in [-0.15, -0.1) is 0 Å². The first-order chi connectivity index (χ1) is 21.7. The van der Waals surface area contributed by atoms with Gasteiger partial charge >= 0.3 is 11.7 Å². The van der Waals surface area contributed by atoms with Gasteiger partial charge in [0.2, 0.25) is 11.7 Å². The highest BCUT2D eigenvalue weighted by molar-refractivity contribution is 6.11. The van der Waals surface area contributed by atoms with Crippen molar-refractivity contribution in [3.05, 3.63) is 93.0 Å². The third-order valence-electron chi connectivity index (χ3n) is 6.95. The van der Waals surface area contributed by atoms with E-state index in [-0.39, 0.29) is 72.0 Å². The zero-order valence-corrected chi connectivity index (χ0v) is 23.3. The first-order valence-electron chi connectivity index (χ1n) is 13.4. The fourth-order valence-corrected chi connectivity index (χ4v) is 4.70. The molecule has 1 aliphatic heterocycles. The fourth-order valence-electron chi connectivity index (χ4n) is 4.70. The molecule has 0 spiro atoms. The zero-order chi connectivity index (χ0) is 32.1. The molecule has 0 fully saturated rings. The van der Waals surface area contributed by atoms with Crippen LogP contribution in [0.15, 0.2) is 65.3 Å². The van der Waals surface area contributed by atoms with Gasteiger partial charge in [0.1, 0.15) is 6.61 Å². The Morgan fingerprint density at radius 1 is 1.00 bits per heavy atom. The Morgan fingerprint density at radius 3 is 2.44 bits per heavy atom. The SMILES string of the molecule is O=C(O)c1ccc(CN(C(=O)COCCOCCN2C(=O)c3ccccc3C(F)C2=O)c2ccc([N+](=O)[O-])c3nonc23)cc1. The molecule has 15 nitrogen and oxygen atoms in total. The highest BCUT2D eigenvalue weighted by Crippen LogP contribution is 2.33. The zero-order valence-electron chi connectivity index (χ0n) is 23.3. The van der Waals surface area contributed by atoms with E-state index in [1.54, 1.807) is 12.1 Å². The largest absolute Gasteiger partial charge is 0.478 e. The maximum atomic E-state index is 14.5. The quantitative estimate of drug-likeness (QED) is 0.0993. The van der Waals surface area contributed by atoms with Crippen LogP contribution in [0, 0.1) is 10.1 Å². The second-order valence-electron chi connectivity index (χ2n) is 9.71. The van der Waals surface area contributed by atoms with Gasteiger partial charge in [0.15, 0.2) is 5.52 Å². The molecule has 2 heterocycles. The Hall–Kier alpha value is -5.61. The molecule has 4 aromatic rings. The molecule has 1 atom stereocenters. The molecule has 1 unspecified atom stereocenters. The summed E-state index contributed by atoms with van der Waals surface area (Å²) >= 11 is 0. The van der Waals surface area contributed by atoms with Crippen molar-refractivity contribution in [2.75, 3.05) is 37.9 Å². The number of anilines is 1. The topological polar surface area (TPSA) is 196 Å². The molecule has 0 radical (unpaired) electrons. The average molecular weight is 622 g/mol. The Bertz CT molecular complexity index is 1780. The van der Waals surface area contributed by atoms with Gasteiger partial charge in [-0.05, 0) is 40.1 Å². The van der Waals surface area contributed by atoms with Crippen LogP contribution in [0.3, 0.4) is 0 Å². The molecule has 3 aromatic carbocycles. The van der Waals surface area contributed by atoms with E-state index >= 15 is 0 Å². The van der Waals surface area contributed by atoms with Crippen LogP contribution in [0.2, 0.25) is 0 Å². The number of carboxylic acid groups (broad SMARTS) is 1. The number of benzene rings is 3. The molecule has 45 heavy (non-hydrogen) atoms. The first kappa shape index (κ1) is 30.8. The number of aromatic nitrogens is 2. The average Bonchev–Trinajstić information content (AvgIpc) is 3.53. The number of carbonyl (C=O) groups is 4. The minimum Gasteiger partial charge on any atom is -0.478 e. The van der Waals surface area contributed by atoms with Crippen molar-refractivity contribution in [3.8, 4) is 0 Å². The number of nitro benzene ring substituents is 1. The number of imide groups is 1. The third-order valence-corrected chi connectivity index (χ3v) is 6.95. The van der Waals surface area contributed by atoms with Crippen molar-refractivity contribution in [2.45, 2.75) is 12.7 Å². The van der Waals surface area contributed by atoms with Gasteiger partial charge in [-0.2, -0.15) is 0 Å². The third kappa shape index (κ3) is 6.51. The minimum absolute atomic E-state index is 0.0230. The molecule has 5 rings (SSSR count). The second kappa shape index (κ2) is 13.4. The second-order valence-corrected chi connectivity index (χ2v) is 9.71. The van der Waals surface area contributed by atoms with E-state index in [2.05, 4.69) is 10.3 Å². The molecule has 1 N–H and O–H groups in total. The van der Waals surface area contributed by atoms with E-state index in [9.17, 15) is 38.8 Å². The molecule has 1 aromatic heterocycles. The number of nitrogens with zero attached hydrogens (tertiary/aromatic N) is 5. The van der Waals surface area contributed by atoms with E-state index < -0.39 is 41.4 Å². The molecule has 0 saturated heterocycles. The van der Waals surface area contributed by atoms with Crippen LogP contribution < -0.4 is 4.90 Å². The number of aromatic carboxylic acids is 1. The molecule has 232 valence electrons. The number of nitro groups is 1. The van der Waals surface area contributed by atoms with Crippen LogP contribution in [-0.4, -0.2) is 81.9 Å². The predicted octanol–water partition coefficient (Wildman–Crippen LogP) is 3.09. The fraction of sp³-hybridized carbons (Fsp3) is 0.241. The summed E-state index contributed by atoms with van der Waals surface area (Å²) in [5.74, 6) is -3.28. The molecule has 16 heteroatoms. The number of alkyl halides is 1. The number of non-ortho nitro benzene ring substituents is 1. The van der Waals surface area contributed by atoms with Gasteiger partial charge in [0, 0.05) is 17.2 Å². The van der Waals surface area contributed by atoms with Crippen molar-refractivity contribution >= 4 is 46.1 Å². The van der Waals surface area contributed by atoms with Gasteiger partial charge in [-0.25, -0.2) is 13.8 Å². The van der Waals surface area contributed by atoms with E-state index in [4.69, 9.17) is 14.1 Å². The van der Waals surface area contributed by atoms with Crippen LogP contribution in [0.5, 0.6) is 0 Å². The number of fused-ring (bicyclic) bond motifs is 2.